The Kier molecular flexibility index (Phi) is 10.9. The summed E-state index contributed by atoms with van der Waals surface area (Å²) in [5, 5.41) is 0. The van der Waals surface area contributed by atoms with Crippen LogP contribution in [0.3, 0.4) is 0 Å². The molecule has 0 bridgehead atoms. The van der Waals surface area contributed by atoms with Gasteiger partial charge >= 0.3 is 0 Å². The van der Waals surface area contributed by atoms with Crippen LogP contribution < -0.4 is 4.74 Å². The molecule has 1 aromatic heterocycles. The van der Waals surface area contributed by atoms with E-state index in [1.807, 2.05) is 44.2 Å². The van der Waals surface area contributed by atoms with Crippen LogP contribution in [-0.2, 0) is 17.8 Å². The Morgan fingerprint density at radius 3 is 2.44 bits per heavy atom. The number of unbranched alkanes of at least 4 members (excludes halogenated alkanes) is 1. The summed E-state index contributed by atoms with van der Waals surface area (Å²) >= 11 is 0. The molecule has 27 heavy (non-hydrogen) atoms. The number of aromatic nitrogens is 1. The molecule has 0 radical (unpaired) electrons. The van der Waals surface area contributed by atoms with Crippen molar-refractivity contribution in [2.75, 3.05) is 7.11 Å². The lowest BCUT2D eigenvalue weighted by Gasteiger charge is -2.12. The number of rotatable bonds is 10. The molecule has 148 valence electrons. The molecule has 1 unspecified atom stereocenters. The van der Waals surface area contributed by atoms with Gasteiger partial charge in [0.2, 0.25) is 0 Å². The minimum absolute atomic E-state index is 0.428. The quantitative estimate of drug-likeness (QED) is 0.438. The zero-order valence-corrected chi connectivity index (χ0v) is 17.6. The van der Waals surface area contributed by atoms with Crippen LogP contribution in [0, 0.1) is 5.92 Å². The van der Waals surface area contributed by atoms with Crippen LogP contribution in [0.5, 0.6) is 5.75 Å². The van der Waals surface area contributed by atoms with E-state index in [2.05, 4.69) is 37.5 Å². The Morgan fingerprint density at radius 1 is 1.11 bits per heavy atom. The number of pyridine rings is 1. The van der Waals surface area contributed by atoms with Crippen molar-refractivity contribution in [3.05, 3.63) is 66.0 Å². The zero-order valence-electron chi connectivity index (χ0n) is 17.6. The van der Waals surface area contributed by atoms with Gasteiger partial charge in [0.05, 0.1) is 12.8 Å². The molecule has 0 spiro atoms. The van der Waals surface area contributed by atoms with Crippen molar-refractivity contribution in [1.29, 1.82) is 0 Å². The van der Waals surface area contributed by atoms with E-state index in [0.717, 1.165) is 29.5 Å². The summed E-state index contributed by atoms with van der Waals surface area (Å²) in [6, 6.07) is 14.2. The van der Waals surface area contributed by atoms with Gasteiger partial charge in [-0.1, -0.05) is 71.7 Å². The van der Waals surface area contributed by atoms with Gasteiger partial charge in [0.15, 0.2) is 0 Å². The minimum Gasteiger partial charge on any atom is -0.495 e. The molecule has 0 saturated carbocycles. The van der Waals surface area contributed by atoms with E-state index in [1.165, 1.54) is 24.8 Å². The second-order valence-corrected chi connectivity index (χ2v) is 6.53. The number of nitrogens with zero attached hydrogens (tertiary/aromatic N) is 1. The van der Waals surface area contributed by atoms with Gasteiger partial charge in [0.25, 0.3) is 0 Å². The maximum absolute atomic E-state index is 5.85. The third-order valence-electron chi connectivity index (χ3n) is 4.28. The average molecular weight is 370 g/mol. The highest BCUT2D eigenvalue weighted by Gasteiger charge is 2.05. The SMILES string of the molecule is C=C(OC)c1cccc(COc2ccc(CC(C)CCCC)cc2)n1.CC. The summed E-state index contributed by atoms with van der Waals surface area (Å²) in [7, 11) is 1.60. The van der Waals surface area contributed by atoms with Crippen LogP contribution in [0.25, 0.3) is 5.76 Å². The highest BCUT2D eigenvalue weighted by atomic mass is 16.5. The van der Waals surface area contributed by atoms with Crippen molar-refractivity contribution >= 4 is 5.76 Å². The van der Waals surface area contributed by atoms with Gasteiger partial charge in [-0.3, -0.25) is 0 Å². The van der Waals surface area contributed by atoms with Crippen LogP contribution in [-0.4, -0.2) is 12.1 Å². The first-order valence-electron chi connectivity index (χ1n) is 10.0. The summed E-state index contributed by atoms with van der Waals surface area (Å²) in [5.74, 6) is 2.15. The molecule has 0 saturated heterocycles. The Labute approximate surface area is 165 Å². The van der Waals surface area contributed by atoms with E-state index in [9.17, 15) is 0 Å². The van der Waals surface area contributed by atoms with Gasteiger partial charge in [0.1, 0.15) is 23.8 Å². The number of hydrogen-bond donors (Lipinski definition) is 0. The number of hydrogen-bond acceptors (Lipinski definition) is 3. The van der Waals surface area contributed by atoms with Crippen LogP contribution in [0.4, 0.5) is 0 Å². The van der Waals surface area contributed by atoms with E-state index >= 15 is 0 Å². The third kappa shape index (κ3) is 8.29. The molecule has 3 heteroatoms. The number of ether oxygens (including phenoxy) is 2. The molecule has 0 fully saturated rings. The third-order valence-corrected chi connectivity index (χ3v) is 4.28. The maximum atomic E-state index is 5.85. The van der Waals surface area contributed by atoms with E-state index in [1.54, 1.807) is 7.11 Å². The van der Waals surface area contributed by atoms with Crippen LogP contribution in [0.1, 0.15) is 63.9 Å². The van der Waals surface area contributed by atoms with Gasteiger partial charge < -0.3 is 9.47 Å². The lowest BCUT2D eigenvalue weighted by molar-refractivity contribution is 0.300. The van der Waals surface area contributed by atoms with Crippen molar-refractivity contribution in [2.45, 2.75) is 60.0 Å². The summed E-state index contributed by atoms with van der Waals surface area (Å²) in [6.45, 7) is 12.8. The summed E-state index contributed by atoms with van der Waals surface area (Å²) in [6.07, 6.45) is 5.00. The van der Waals surface area contributed by atoms with Crippen molar-refractivity contribution in [1.82, 2.24) is 4.98 Å². The monoisotopic (exact) mass is 369 g/mol. The van der Waals surface area contributed by atoms with Crippen LogP contribution in [0.15, 0.2) is 49.0 Å². The van der Waals surface area contributed by atoms with Crippen LogP contribution in [0.2, 0.25) is 0 Å². The van der Waals surface area contributed by atoms with Crippen molar-refractivity contribution in [2.24, 2.45) is 5.92 Å². The highest BCUT2D eigenvalue weighted by Crippen LogP contribution is 2.19. The molecule has 1 aromatic carbocycles. The van der Waals surface area contributed by atoms with E-state index in [0.29, 0.717) is 12.4 Å². The Balaban J connectivity index is 0.00000176. The molecule has 0 N–H and O–H groups in total. The molecule has 3 nitrogen and oxygen atoms in total. The van der Waals surface area contributed by atoms with Crippen molar-refractivity contribution in [3.63, 3.8) is 0 Å². The van der Waals surface area contributed by atoms with Crippen molar-refractivity contribution in [3.8, 4) is 5.75 Å². The fourth-order valence-corrected chi connectivity index (χ4v) is 2.76. The summed E-state index contributed by atoms with van der Waals surface area (Å²) in [4.78, 5) is 4.49. The molecular weight excluding hydrogens is 334 g/mol. The Bertz CT molecular complexity index is 664. The summed E-state index contributed by atoms with van der Waals surface area (Å²) in [5.41, 5.74) is 2.96. The topological polar surface area (TPSA) is 31.4 Å². The van der Waals surface area contributed by atoms with Crippen molar-refractivity contribution < 1.29 is 9.47 Å². The van der Waals surface area contributed by atoms with Crippen LogP contribution >= 0.6 is 0 Å². The normalized spacial score (nSPS) is 11.1. The van der Waals surface area contributed by atoms with E-state index in [4.69, 9.17) is 9.47 Å². The van der Waals surface area contributed by atoms with Gasteiger partial charge in [-0.2, -0.15) is 0 Å². The van der Waals surface area contributed by atoms with Gasteiger partial charge in [-0.25, -0.2) is 4.98 Å². The molecule has 0 aliphatic heterocycles. The molecule has 1 atom stereocenters. The smallest absolute Gasteiger partial charge is 0.137 e. The van der Waals surface area contributed by atoms with Gasteiger partial charge in [0, 0.05) is 0 Å². The lowest BCUT2D eigenvalue weighted by Crippen LogP contribution is -2.02. The predicted molar refractivity (Wildman–Crippen MR) is 115 cm³/mol. The molecule has 2 aromatic rings. The highest BCUT2D eigenvalue weighted by molar-refractivity contribution is 5.53. The number of benzene rings is 1. The Hall–Kier alpha value is -2.29. The summed E-state index contributed by atoms with van der Waals surface area (Å²) < 4.78 is 11.0. The van der Waals surface area contributed by atoms with Gasteiger partial charge in [-0.05, 0) is 42.2 Å². The maximum Gasteiger partial charge on any atom is 0.137 e. The minimum atomic E-state index is 0.428. The molecule has 0 aliphatic carbocycles. The second kappa shape index (κ2) is 13.0. The molecular formula is C24H35NO2. The standard InChI is InChI=1S/C22H29NO2.C2H6/c1-5-6-8-17(2)15-19-11-13-21(14-12-19)25-16-20-9-7-10-22(23-20)18(3)24-4;1-2/h7,9-14,17H,3,5-6,8,15-16H2,1-2,4H3;1-2H3. The molecule has 1 heterocycles. The first-order chi connectivity index (χ1) is 13.1. The Morgan fingerprint density at radius 2 is 1.81 bits per heavy atom. The predicted octanol–water partition coefficient (Wildman–Crippen LogP) is 6.67. The fraction of sp³-hybridized carbons (Fsp3) is 0.458. The molecule has 2 rings (SSSR count). The number of methoxy groups -OCH3 is 1. The second-order valence-electron chi connectivity index (χ2n) is 6.53. The van der Waals surface area contributed by atoms with E-state index in [-0.39, 0.29) is 0 Å². The first kappa shape index (κ1) is 22.8. The fourth-order valence-electron chi connectivity index (χ4n) is 2.76. The lowest BCUT2D eigenvalue weighted by atomic mass is 9.96. The zero-order chi connectivity index (χ0) is 20.1. The molecule has 0 aliphatic rings. The largest absolute Gasteiger partial charge is 0.495 e. The average Bonchev–Trinajstić information content (AvgIpc) is 2.72. The van der Waals surface area contributed by atoms with Gasteiger partial charge in [-0.15, -0.1) is 0 Å². The first-order valence-corrected chi connectivity index (χ1v) is 10.0. The molecule has 0 amide bonds. The van der Waals surface area contributed by atoms with E-state index < -0.39 is 0 Å².